The van der Waals surface area contributed by atoms with Crippen LogP contribution in [0.4, 0.5) is 0 Å². The molecule has 0 radical (unpaired) electrons. The number of nitrogens with two attached hydrogens (primary N) is 1. The van der Waals surface area contributed by atoms with Gasteiger partial charge in [0.05, 0.1) is 12.8 Å². The number of pyridine rings is 1. The molecule has 98 valence electrons. The highest BCUT2D eigenvalue weighted by molar-refractivity contribution is 5.85. The van der Waals surface area contributed by atoms with Crippen LogP contribution in [0.1, 0.15) is 5.56 Å². The molecule has 1 aromatic carbocycles. The summed E-state index contributed by atoms with van der Waals surface area (Å²) in [4.78, 5) is 4.33. The maximum absolute atomic E-state index is 5.61. The van der Waals surface area contributed by atoms with E-state index in [1.54, 1.807) is 13.3 Å². The number of hydrogen-bond acceptors (Lipinski definition) is 3. The van der Waals surface area contributed by atoms with Gasteiger partial charge in [-0.2, -0.15) is 0 Å². The SMILES string of the molecule is COc1ccccc1-c1cc(CN)ccn1.Cl.Cl. The first-order valence-corrected chi connectivity index (χ1v) is 5.13. The fourth-order valence-corrected chi connectivity index (χ4v) is 1.60. The number of hydrogen-bond donors (Lipinski definition) is 1. The molecule has 2 aromatic rings. The Hall–Kier alpha value is -1.29. The van der Waals surface area contributed by atoms with E-state index in [0.717, 1.165) is 22.6 Å². The number of benzene rings is 1. The molecule has 1 aromatic heterocycles. The van der Waals surface area contributed by atoms with Crippen LogP contribution >= 0.6 is 24.8 Å². The van der Waals surface area contributed by atoms with Crippen molar-refractivity contribution in [1.82, 2.24) is 4.98 Å². The van der Waals surface area contributed by atoms with Crippen molar-refractivity contribution in [2.24, 2.45) is 5.73 Å². The van der Waals surface area contributed by atoms with E-state index in [4.69, 9.17) is 10.5 Å². The first kappa shape index (κ1) is 16.7. The molecule has 18 heavy (non-hydrogen) atoms. The van der Waals surface area contributed by atoms with Gasteiger partial charge < -0.3 is 10.5 Å². The van der Waals surface area contributed by atoms with Gasteiger partial charge in [0.2, 0.25) is 0 Å². The molecule has 0 saturated carbocycles. The Bertz CT molecular complexity index is 492. The van der Waals surface area contributed by atoms with Crippen molar-refractivity contribution in [2.75, 3.05) is 7.11 Å². The molecule has 0 spiro atoms. The van der Waals surface area contributed by atoms with Crippen LogP contribution in [0.5, 0.6) is 5.75 Å². The predicted molar refractivity (Wildman–Crippen MR) is 78.6 cm³/mol. The number of methoxy groups -OCH3 is 1. The zero-order valence-electron chi connectivity index (χ0n) is 10.00. The van der Waals surface area contributed by atoms with Crippen LogP contribution in [0.15, 0.2) is 42.6 Å². The fraction of sp³-hybridized carbons (Fsp3) is 0.154. The van der Waals surface area contributed by atoms with Crippen LogP contribution in [0, 0.1) is 0 Å². The molecular formula is C13H16Cl2N2O. The summed E-state index contributed by atoms with van der Waals surface area (Å²) in [5, 5.41) is 0. The van der Waals surface area contributed by atoms with Crippen LogP contribution < -0.4 is 10.5 Å². The van der Waals surface area contributed by atoms with Crippen LogP contribution in [-0.2, 0) is 6.54 Å². The molecule has 5 heteroatoms. The van der Waals surface area contributed by atoms with Crippen LogP contribution in [0.25, 0.3) is 11.3 Å². The Balaban J connectivity index is 0.00000144. The minimum atomic E-state index is 0. The topological polar surface area (TPSA) is 48.1 Å². The van der Waals surface area contributed by atoms with Gasteiger partial charge in [-0.1, -0.05) is 12.1 Å². The molecule has 0 saturated heterocycles. The summed E-state index contributed by atoms with van der Waals surface area (Å²) in [5.41, 5.74) is 8.55. The van der Waals surface area contributed by atoms with Crippen molar-refractivity contribution in [2.45, 2.75) is 6.54 Å². The second-order valence-electron chi connectivity index (χ2n) is 3.45. The molecule has 0 aliphatic rings. The van der Waals surface area contributed by atoms with Gasteiger partial charge in [-0.05, 0) is 29.8 Å². The van der Waals surface area contributed by atoms with E-state index in [9.17, 15) is 0 Å². The Kier molecular flexibility index (Phi) is 7.36. The standard InChI is InChI=1S/C13H14N2O.2ClH/c1-16-13-5-3-2-4-11(13)12-8-10(9-14)6-7-15-12;;/h2-8H,9,14H2,1H3;2*1H. The molecule has 0 atom stereocenters. The molecule has 2 rings (SSSR count). The lowest BCUT2D eigenvalue weighted by molar-refractivity contribution is 0.416. The van der Waals surface area contributed by atoms with Gasteiger partial charge in [-0.3, -0.25) is 4.98 Å². The van der Waals surface area contributed by atoms with Crippen LogP contribution in [-0.4, -0.2) is 12.1 Å². The maximum atomic E-state index is 5.61. The molecule has 0 fully saturated rings. The zero-order valence-corrected chi connectivity index (χ0v) is 11.6. The Labute approximate surface area is 119 Å². The molecule has 0 aliphatic heterocycles. The van der Waals surface area contributed by atoms with E-state index >= 15 is 0 Å². The van der Waals surface area contributed by atoms with E-state index in [1.807, 2.05) is 36.4 Å². The monoisotopic (exact) mass is 286 g/mol. The quantitative estimate of drug-likeness (QED) is 0.943. The van der Waals surface area contributed by atoms with Crippen molar-refractivity contribution < 1.29 is 4.74 Å². The lowest BCUT2D eigenvalue weighted by Gasteiger charge is -2.08. The summed E-state index contributed by atoms with van der Waals surface area (Å²) in [6, 6.07) is 11.7. The van der Waals surface area contributed by atoms with Crippen molar-refractivity contribution in [1.29, 1.82) is 0 Å². The summed E-state index contributed by atoms with van der Waals surface area (Å²) in [5.74, 6) is 0.823. The second kappa shape index (κ2) is 7.93. The smallest absolute Gasteiger partial charge is 0.128 e. The molecule has 0 amide bonds. The highest BCUT2D eigenvalue weighted by Gasteiger charge is 2.05. The highest BCUT2D eigenvalue weighted by Crippen LogP contribution is 2.28. The number of aromatic nitrogens is 1. The Morgan fingerprint density at radius 3 is 2.56 bits per heavy atom. The second-order valence-corrected chi connectivity index (χ2v) is 3.45. The first-order chi connectivity index (χ1) is 7.85. The molecule has 3 nitrogen and oxygen atoms in total. The maximum Gasteiger partial charge on any atom is 0.128 e. The summed E-state index contributed by atoms with van der Waals surface area (Å²) in [6.07, 6.45) is 1.77. The van der Waals surface area contributed by atoms with Crippen molar-refractivity contribution in [3.8, 4) is 17.0 Å². The Morgan fingerprint density at radius 2 is 1.89 bits per heavy atom. The third kappa shape index (κ3) is 3.60. The third-order valence-corrected chi connectivity index (χ3v) is 2.44. The predicted octanol–water partition coefficient (Wildman–Crippen LogP) is 3.06. The average molecular weight is 287 g/mol. The number of halogens is 2. The number of para-hydroxylation sites is 1. The summed E-state index contributed by atoms with van der Waals surface area (Å²) in [7, 11) is 1.66. The molecule has 0 bridgehead atoms. The summed E-state index contributed by atoms with van der Waals surface area (Å²) >= 11 is 0. The lowest BCUT2D eigenvalue weighted by atomic mass is 10.1. The molecule has 0 unspecified atom stereocenters. The van der Waals surface area contributed by atoms with Crippen molar-refractivity contribution >= 4 is 24.8 Å². The van der Waals surface area contributed by atoms with Gasteiger partial charge in [-0.25, -0.2) is 0 Å². The lowest BCUT2D eigenvalue weighted by Crippen LogP contribution is -1.97. The van der Waals surface area contributed by atoms with Gasteiger partial charge in [0.25, 0.3) is 0 Å². The zero-order chi connectivity index (χ0) is 11.4. The van der Waals surface area contributed by atoms with Gasteiger partial charge in [0.1, 0.15) is 5.75 Å². The van der Waals surface area contributed by atoms with Gasteiger partial charge >= 0.3 is 0 Å². The van der Waals surface area contributed by atoms with Gasteiger partial charge in [-0.15, -0.1) is 24.8 Å². The minimum Gasteiger partial charge on any atom is -0.496 e. The van der Waals surface area contributed by atoms with Crippen LogP contribution in [0.3, 0.4) is 0 Å². The number of ether oxygens (including phenoxy) is 1. The normalized spacial score (nSPS) is 9.00. The van der Waals surface area contributed by atoms with E-state index in [2.05, 4.69) is 4.98 Å². The number of nitrogens with zero attached hydrogens (tertiary/aromatic N) is 1. The molecule has 1 heterocycles. The van der Waals surface area contributed by atoms with Crippen molar-refractivity contribution in [3.05, 3.63) is 48.2 Å². The van der Waals surface area contributed by atoms with Crippen LogP contribution in [0.2, 0.25) is 0 Å². The highest BCUT2D eigenvalue weighted by atomic mass is 35.5. The van der Waals surface area contributed by atoms with E-state index < -0.39 is 0 Å². The molecule has 2 N–H and O–H groups in total. The fourth-order valence-electron chi connectivity index (χ4n) is 1.60. The summed E-state index contributed by atoms with van der Waals surface area (Å²) < 4.78 is 5.30. The number of rotatable bonds is 3. The minimum absolute atomic E-state index is 0. The van der Waals surface area contributed by atoms with Gasteiger partial charge in [0, 0.05) is 18.3 Å². The third-order valence-electron chi connectivity index (χ3n) is 2.44. The van der Waals surface area contributed by atoms with Gasteiger partial charge in [0.15, 0.2) is 0 Å². The first-order valence-electron chi connectivity index (χ1n) is 5.13. The Morgan fingerprint density at radius 1 is 1.17 bits per heavy atom. The average Bonchev–Trinajstić information content (AvgIpc) is 2.38. The van der Waals surface area contributed by atoms with Crippen molar-refractivity contribution in [3.63, 3.8) is 0 Å². The molecular weight excluding hydrogens is 271 g/mol. The van der Waals surface area contributed by atoms with E-state index in [1.165, 1.54) is 0 Å². The van der Waals surface area contributed by atoms with E-state index in [0.29, 0.717) is 6.54 Å². The van der Waals surface area contributed by atoms with E-state index in [-0.39, 0.29) is 24.8 Å². The molecule has 0 aliphatic carbocycles. The largest absolute Gasteiger partial charge is 0.496 e. The summed E-state index contributed by atoms with van der Waals surface area (Å²) in [6.45, 7) is 0.519.